The van der Waals surface area contributed by atoms with E-state index in [-0.39, 0.29) is 0 Å². The van der Waals surface area contributed by atoms with Crippen LogP contribution in [0.25, 0.3) is 39.1 Å². The molecule has 2 aromatic heterocycles. The summed E-state index contributed by atoms with van der Waals surface area (Å²) in [6.07, 6.45) is 8.79. The number of pyridine rings is 1. The molecule has 4 heteroatoms. The van der Waals surface area contributed by atoms with Crippen LogP contribution in [0, 0.1) is 13.8 Å². The maximum atomic E-state index is 5.07. The molecule has 196 valence electrons. The fourth-order valence-electron chi connectivity index (χ4n) is 3.62. The Bertz CT molecular complexity index is 1310. The number of nitrogens with one attached hydrogen (secondary N) is 2. The van der Waals surface area contributed by atoms with Crippen LogP contribution in [0.4, 0.5) is 0 Å². The summed E-state index contributed by atoms with van der Waals surface area (Å²) in [5.74, 6) is 0. The average Bonchev–Trinajstić information content (AvgIpc) is 3.33. The normalized spacial score (nSPS) is 10.4. The Morgan fingerprint density at radius 2 is 1.68 bits per heavy atom. The highest BCUT2D eigenvalue weighted by Crippen LogP contribution is 2.31. The van der Waals surface area contributed by atoms with Crippen molar-refractivity contribution in [1.82, 2.24) is 15.3 Å². The van der Waals surface area contributed by atoms with Gasteiger partial charge in [-0.2, -0.15) is 0 Å². The Morgan fingerprint density at radius 3 is 2.19 bits per heavy atom. The van der Waals surface area contributed by atoms with Crippen LogP contribution in [0.5, 0.6) is 0 Å². The van der Waals surface area contributed by atoms with Crippen molar-refractivity contribution in [3.8, 4) is 11.3 Å². The summed E-state index contributed by atoms with van der Waals surface area (Å²) in [6, 6.07) is 14.9. The molecule has 2 heterocycles. The van der Waals surface area contributed by atoms with Crippen LogP contribution in [0.1, 0.15) is 37.0 Å². The highest BCUT2D eigenvalue weighted by molar-refractivity contribution is 5.98. The van der Waals surface area contributed by atoms with Crippen LogP contribution in [0.2, 0.25) is 0 Å². The first-order valence-electron chi connectivity index (χ1n) is 12.6. The number of hydrogen-bond donors (Lipinski definition) is 3. The largest absolute Gasteiger partial charge is 0.360 e. The minimum absolute atomic E-state index is 0.726. The third kappa shape index (κ3) is 9.34. The lowest BCUT2D eigenvalue weighted by molar-refractivity contribution is 0.878. The van der Waals surface area contributed by atoms with E-state index in [1.54, 1.807) is 6.08 Å². The highest BCUT2D eigenvalue weighted by atomic mass is 14.8. The van der Waals surface area contributed by atoms with Crippen LogP contribution in [0.15, 0.2) is 92.7 Å². The van der Waals surface area contributed by atoms with Gasteiger partial charge in [0.1, 0.15) is 0 Å². The molecule has 4 aromatic rings. The topological polar surface area (TPSA) is 66.7 Å². The number of aromatic amines is 1. The molecule has 4 nitrogen and oxygen atoms in total. The number of rotatable bonds is 6. The lowest BCUT2D eigenvalue weighted by Gasteiger charge is -2.07. The van der Waals surface area contributed by atoms with Gasteiger partial charge in [0.15, 0.2) is 0 Å². The minimum atomic E-state index is 0.726. The first-order chi connectivity index (χ1) is 17.9. The van der Waals surface area contributed by atoms with Gasteiger partial charge in [-0.15, -0.1) is 19.7 Å². The Morgan fingerprint density at radius 1 is 1.03 bits per heavy atom. The third-order valence-corrected chi connectivity index (χ3v) is 5.65. The van der Waals surface area contributed by atoms with E-state index in [0.29, 0.717) is 0 Å². The SMILES string of the molecule is C/C=C(\C)CNC.C=C.C=CCCN.C=Cc1cc(-c2c[nH]c3ccc(C)cc23)nc2ccc(C)cc12. The van der Waals surface area contributed by atoms with Crippen molar-refractivity contribution in [1.29, 1.82) is 0 Å². The van der Waals surface area contributed by atoms with Gasteiger partial charge >= 0.3 is 0 Å². The van der Waals surface area contributed by atoms with E-state index in [1.807, 2.05) is 26.2 Å². The second-order valence-electron chi connectivity index (χ2n) is 8.60. The molecule has 0 amide bonds. The summed E-state index contributed by atoms with van der Waals surface area (Å²) in [5, 5.41) is 5.41. The molecule has 0 bridgehead atoms. The molecule has 4 rings (SSSR count). The number of benzene rings is 2. The number of fused-ring (bicyclic) bond motifs is 2. The van der Waals surface area contributed by atoms with Crippen LogP contribution in [0.3, 0.4) is 0 Å². The number of H-pyrrole nitrogens is 1. The fraction of sp³-hybridized carbons (Fsp3) is 0.242. The molecule has 0 atom stereocenters. The molecular weight excluding hydrogens is 452 g/mol. The average molecular weight is 497 g/mol. The van der Waals surface area contributed by atoms with Gasteiger partial charge < -0.3 is 16.0 Å². The molecule has 0 aliphatic rings. The van der Waals surface area contributed by atoms with Crippen molar-refractivity contribution in [2.75, 3.05) is 20.1 Å². The molecule has 0 unspecified atom stereocenters. The van der Waals surface area contributed by atoms with Crippen LogP contribution in [-0.2, 0) is 0 Å². The van der Waals surface area contributed by atoms with E-state index in [2.05, 4.69) is 106 Å². The van der Waals surface area contributed by atoms with Gasteiger partial charge in [0.25, 0.3) is 0 Å². The predicted molar refractivity (Wildman–Crippen MR) is 167 cm³/mol. The van der Waals surface area contributed by atoms with Crippen molar-refractivity contribution >= 4 is 27.9 Å². The molecule has 0 saturated carbocycles. The molecule has 0 spiro atoms. The van der Waals surface area contributed by atoms with E-state index >= 15 is 0 Å². The van der Waals surface area contributed by atoms with Crippen LogP contribution < -0.4 is 11.1 Å². The summed E-state index contributed by atoms with van der Waals surface area (Å²) in [6.45, 7) is 23.5. The second kappa shape index (κ2) is 16.9. The van der Waals surface area contributed by atoms with E-state index in [9.17, 15) is 0 Å². The number of nitrogens with two attached hydrogens (primary N) is 1. The van der Waals surface area contributed by atoms with Crippen LogP contribution >= 0.6 is 0 Å². The number of likely N-dealkylation sites (N-methyl/N-ethyl adjacent to an activating group) is 1. The van der Waals surface area contributed by atoms with Crippen molar-refractivity contribution in [2.45, 2.75) is 34.1 Å². The first kappa shape index (κ1) is 31.3. The van der Waals surface area contributed by atoms with Crippen molar-refractivity contribution in [3.05, 3.63) is 109 Å². The third-order valence-electron chi connectivity index (χ3n) is 5.65. The fourth-order valence-corrected chi connectivity index (χ4v) is 3.62. The standard InChI is InChI=1S/C21H18N2.C6H13N.C4H9N.C2H4/c1-4-15-11-21(23-20-8-6-13(2)9-16(15)20)18-12-22-19-7-5-14(3)10-17(18)19;1-4-6(2)5-7-3;1-2-3-4-5;1-2/h4-12,22H,1H2,2-3H3;4,7H,5H2,1-3H3;2H,1,3-5H2;1-2H2/b;6-4+;;. The molecule has 0 aliphatic heterocycles. The quantitative estimate of drug-likeness (QED) is 0.236. The van der Waals surface area contributed by atoms with E-state index in [1.165, 1.54) is 22.1 Å². The molecule has 0 aliphatic carbocycles. The van der Waals surface area contributed by atoms with Crippen molar-refractivity contribution < 1.29 is 0 Å². The minimum Gasteiger partial charge on any atom is -0.360 e. The van der Waals surface area contributed by atoms with Gasteiger partial charge in [-0.1, -0.05) is 53.6 Å². The van der Waals surface area contributed by atoms with Gasteiger partial charge in [-0.05, 0) is 83.6 Å². The van der Waals surface area contributed by atoms with Crippen molar-refractivity contribution in [2.24, 2.45) is 5.73 Å². The van der Waals surface area contributed by atoms with Crippen molar-refractivity contribution in [3.63, 3.8) is 0 Å². The van der Waals surface area contributed by atoms with E-state index < -0.39 is 0 Å². The zero-order valence-electron chi connectivity index (χ0n) is 23.3. The van der Waals surface area contributed by atoms with E-state index in [0.717, 1.165) is 52.8 Å². The molecule has 37 heavy (non-hydrogen) atoms. The molecular formula is C33H44N4. The lowest BCUT2D eigenvalue weighted by atomic mass is 10.0. The number of aryl methyl sites for hydroxylation is 2. The maximum Gasteiger partial charge on any atom is 0.0737 e. The summed E-state index contributed by atoms with van der Waals surface area (Å²) < 4.78 is 0. The van der Waals surface area contributed by atoms with Gasteiger partial charge in [-0.3, -0.25) is 0 Å². The van der Waals surface area contributed by atoms with E-state index in [4.69, 9.17) is 10.7 Å². The highest BCUT2D eigenvalue weighted by Gasteiger charge is 2.11. The monoisotopic (exact) mass is 496 g/mol. The molecule has 0 fully saturated rings. The van der Waals surface area contributed by atoms with Crippen LogP contribution in [-0.4, -0.2) is 30.1 Å². The second-order valence-corrected chi connectivity index (χ2v) is 8.60. The number of nitrogens with zero attached hydrogens (tertiary/aromatic N) is 1. The number of allylic oxidation sites excluding steroid dienone is 1. The van der Waals surface area contributed by atoms with Gasteiger partial charge in [0.2, 0.25) is 0 Å². The number of hydrogen-bond acceptors (Lipinski definition) is 3. The Hall–Kier alpha value is -3.73. The van der Waals surface area contributed by atoms with Gasteiger partial charge in [0, 0.05) is 34.6 Å². The zero-order valence-corrected chi connectivity index (χ0v) is 23.3. The Kier molecular flexibility index (Phi) is 14.3. The number of aromatic nitrogens is 2. The molecule has 0 radical (unpaired) electrons. The Balaban J connectivity index is 0.000000409. The predicted octanol–water partition coefficient (Wildman–Crippen LogP) is 8.14. The lowest BCUT2D eigenvalue weighted by Crippen LogP contribution is -2.07. The molecule has 4 N–H and O–H groups in total. The molecule has 0 saturated heterocycles. The summed E-state index contributed by atoms with van der Waals surface area (Å²) >= 11 is 0. The first-order valence-corrected chi connectivity index (χ1v) is 12.6. The smallest absolute Gasteiger partial charge is 0.0737 e. The summed E-state index contributed by atoms with van der Waals surface area (Å²) in [5.41, 5.74) is 14.3. The maximum absolute atomic E-state index is 5.07. The van der Waals surface area contributed by atoms with Gasteiger partial charge in [0.05, 0.1) is 11.2 Å². The van der Waals surface area contributed by atoms with Gasteiger partial charge in [-0.25, -0.2) is 4.98 Å². The summed E-state index contributed by atoms with van der Waals surface area (Å²) in [7, 11) is 1.95. The summed E-state index contributed by atoms with van der Waals surface area (Å²) in [4.78, 5) is 8.22. The Labute approximate surface area is 223 Å². The molecule has 2 aromatic carbocycles. The zero-order chi connectivity index (χ0) is 27.8.